The lowest BCUT2D eigenvalue weighted by atomic mass is 10.1. The number of amides is 3. The first-order valence-corrected chi connectivity index (χ1v) is 10.4. The second-order valence-electron chi connectivity index (χ2n) is 6.55. The van der Waals surface area contributed by atoms with E-state index >= 15 is 0 Å². The van der Waals surface area contributed by atoms with Crippen molar-refractivity contribution >= 4 is 52.0 Å². The number of carbonyl (C=O) groups excluding carboxylic acids is 2. The minimum absolute atomic E-state index is 0.163. The van der Waals surface area contributed by atoms with Crippen LogP contribution in [-0.4, -0.2) is 36.0 Å². The highest BCUT2D eigenvalue weighted by Gasteiger charge is 2.25. The van der Waals surface area contributed by atoms with Crippen LogP contribution in [0.3, 0.4) is 0 Å². The molecule has 8 heteroatoms. The minimum atomic E-state index is -0.204. The zero-order chi connectivity index (χ0) is 20.2. The van der Waals surface area contributed by atoms with E-state index < -0.39 is 0 Å². The fourth-order valence-electron chi connectivity index (χ4n) is 3.16. The van der Waals surface area contributed by atoms with Crippen LogP contribution in [0.2, 0.25) is 0 Å². The number of nitrogens with one attached hydrogen (secondary N) is 2. The topological polar surface area (TPSA) is 70.7 Å². The van der Waals surface area contributed by atoms with Gasteiger partial charge in [-0.1, -0.05) is 60.4 Å². The Labute approximate surface area is 178 Å². The number of carbonyl (C=O) groups is 2. The molecule has 3 amide bonds. The summed E-state index contributed by atoms with van der Waals surface area (Å²) in [5.74, 6) is 0.445. The van der Waals surface area contributed by atoms with E-state index in [4.69, 9.17) is 17.0 Å². The Hall–Kier alpha value is -2.84. The van der Waals surface area contributed by atoms with Gasteiger partial charge in [-0.2, -0.15) is 0 Å². The van der Waals surface area contributed by atoms with Crippen LogP contribution in [-0.2, 0) is 11.2 Å². The van der Waals surface area contributed by atoms with Crippen molar-refractivity contribution in [3.8, 4) is 5.75 Å². The number of fused-ring (bicyclic) bond motifs is 1. The first-order valence-electron chi connectivity index (χ1n) is 9.21. The monoisotopic (exact) mass is 425 g/mol. The lowest BCUT2D eigenvalue weighted by Crippen LogP contribution is -2.45. The van der Waals surface area contributed by atoms with Crippen LogP contribution in [0, 0.1) is 0 Å². The molecule has 0 bridgehead atoms. The molecule has 6 nitrogen and oxygen atoms in total. The number of rotatable bonds is 4. The maximum Gasteiger partial charge on any atom is 0.322 e. The number of urea groups is 1. The fraction of sp³-hybridized carbons (Fsp3) is 0.190. The Morgan fingerprint density at radius 1 is 1.28 bits per heavy atom. The first-order chi connectivity index (χ1) is 14.1. The Kier molecular flexibility index (Phi) is 5.82. The molecule has 148 valence electrons. The lowest BCUT2D eigenvalue weighted by molar-refractivity contribution is -0.115. The van der Waals surface area contributed by atoms with E-state index in [2.05, 4.69) is 10.6 Å². The van der Waals surface area contributed by atoms with E-state index in [1.54, 1.807) is 11.0 Å². The average Bonchev–Trinajstić information content (AvgIpc) is 3.05. The van der Waals surface area contributed by atoms with E-state index in [1.807, 2.05) is 48.5 Å². The predicted octanol–water partition coefficient (Wildman–Crippen LogP) is 3.33. The molecule has 2 aromatic carbocycles. The van der Waals surface area contributed by atoms with Gasteiger partial charge in [-0.05, 0) is 35.8 Å². The van der Waals surface area contributed by atoms with Crippen LogP contribution >= 0.6 is 24.0 Å². The Balaban J connectivity index is 1.48. The summed E-state index contributed by atoms with van der Waals surface area (Å²) in [6, 6.07) is 15.4. The Morgan fingerprint density at radius 3 is 2.86 bits per heavy atom. The molecule has 0 radical (unpaired) electrons. The highest BCUT2D eigenvalue weighted by Crippen LogP contribution is 2.34. The van der Waals surface area contributed by atoms with Gasteiger partial charge in [0.1, 0.15) is 16.7 Å². The van der Waals surface area contributed by atoms with Gasteiger partial charge in [-0.15, -0.1) is 0 Å². The third kappa shape index (κ3) is 4.60. The fourth-order valence-corrected chi connectivity index (χ4v) is 4.21. The van der Waals surface area contributed by atoms with E-state index in [9.17, 15) is 9.59 Å². The lowest BCUT2D eigenvalue weighted by Gasteiger charge is -2.30. The van der Waals surface area contributed by atoms with Crippen molar-refractivity contribution in [2.24, 2.45) is 0 Å². The van der Waals surface area contributed by atoms with Crippen molar-refractivity contribution < 1.29 is 14.3 Å². The first kappa shape index (κ1) is 19.5. The number of nitrogens with zero attached hydrogens (tertiary/aromatic N) is 1. The molecular formula is C21H19N3O3S2. The zero-order valence-electron chi connectivity index (χ0n) is 15.5. The standard InChI is InChI=1S/C21H19N3O3S2/c25-19-18(29-21(28)23-19)13-15-6-7-17-16(12-15)24(10-11-27-17)20(26)22-9-8-14-4-2-1-3-5-14/h1-7,12-13H,8-11H2,(H,22,26)(H,23,25,28). The van der Waals surface area contributed by atoms with Gasteiger partial charge in [0.25, 0.3) is 5.91 Å². The Morgan fingerprint density at radius 2 is 2.10 bits per heavy atom. The number of ether oxygens (including phenoxy) is 1. The summed E-state index contributed by atoms with van der Waals surface area (Å²) in [7, 11) is 0. The van der Waals surface area contributed by atoms with Gasteiger partial charge < -0.3 is 15.4 Å². The average molecular weight is 426 g/mol. The molecule has 1 saturated heterocycles. The van der Waals surface area contributed by atoms with E-state index in [0.717, 1.165) is 12.0 Å². The number of anilines is 1. The maximum absolute atomic E-state index is 12.8. The molecule has 2 N–H and O–H groups in total. The highest BCUT2D eigenvalue weighted by atomic mass is 32.2. The van der Waals surface area contributed by atoms with Gasteiger partial charge in [-0.3, -0.25) is 9.69 Å². The van der Waals surface area contributed by atoms with Crippen LogP contribution in [0.25, 0.3) is 6.08 Å². The second kappa shape index (κ2) is 8.67. The number of thiocarbonyl (C=S) groups is 1. The number of hydrogen-bond donors (Lipinski definition) is 2. The van der Waals surface area contributed by atoms with Gasteiger partial charge >= 0.3 is 6.03 Å². The number of thioether (sulfide) groups is 1. The summed E-state index contributed by atoms with van der Waals surface area (Å²) in [4.78, 5) is 26.9. The number of benzene rings is 2. The molecule has 2 heterocycles. The summed E-state index contributed by atoms with van der Waals surface area (Å²) in [5.41, 5.74) is 2.67. The summed E-state index contributed by atoms with van der Waals surface area (Å²) in [5, 5.41) is 5.58. The normalized spacial score (nSPS) is 17.0. The van der Waals surface area contributed by atoms with Crippen molar-refractivity contribution in [2.45, 2.75) is 6.42 Å². The molecule has 2 aliphatic rings. The highest BCUT2D eigenvalue weighted by molar-refractivity contribution is 8.26. The second-order valence-corrected chi connectivity index (χ2v) is 8.27. The van der Waals surface area contributed by atoms with Gasteiger partial charge in [0, 0.05) is 6.54 Å². The van der Waals surface area contributed by atoms with Crippen LogP contribution in [0.4, 0.5) is 10.5 Å². The third-order valence-electron chi connectivity index (χ3n) is 4.56. The van der Waals surface area contributed by atoms with Crippen molar-refractivity contribution in [1.82, 2.24) is 10.6 Å². The molecule has 0 aliphatic carbocycles. The molecular weight excluding hydrogens is 406 g/mol. The molecule has 0 atom stereocenters. The van der Waals surface area contributed by atoms with E-state index in [-0.39, 0.29) is 11.9 Å². The zero-order valence-corrected chi connectivity index (χ0v) is 17.1. The molecule has 4 rings (SSSR count). The molecule has 0 aromatic heterocycles. The molecule has 0 saturated carbocycles. The van der Waals surface area contributed by atoms with Gasteiger partial charge in [0.15, 0.2) is 0 Å². The largest absolute Gasteiger partial charge is 0.490 e. The maximum atomic E-state index is 12.8. The van der Waals surface area contributed by atoms with E-state index in [1.165, 1.54) is 17.3 Å². The summed E-state index contributed by atoms with van der Waals surface area (Å²) in [6.45, 7) is 1.45. The molecule has 29 heavy (non-hydrogen) atoms. The SMILES string of the molecule is O=C1NC(=S)SC1=Cc1ccc2c(c1)N(C(=O)NCCc1ccccc1)CCO2. The van der Waals surface area contributed by atoms with Crippen LogP contribution in [0.1, 0.15) is 11.1 Å². The predicted molar refractivity (Wildman–Crippen MR) is 119 cm³/mol. The molecule has 1 fully saturated rings. The molecule has 2 aliphatic heterocycles. The van der Waals surface area contributed by atoms with Gasteiger partial charge in [0.2, 0.25) is 0 Å². The number of hydrogen-bond acceptors (Lipinski definition) is 5. The Bertz CT molecular complexity index is 992. The molecule has 0 spiro atoms. The third-order valence-corrected chi connectivity index (χ3v) is 5.73. The van der Waals surface area contributed by atoms with Crippen molar-refractivity contribution in [3.05, 3.63) is 64.6 Å². The molecule has 2 aromatic rings. The van der Waals surface area contributed by atoms with Crippen LogP contribution < -0.4 is 20.3 Å². The minimum Gasteiger partial charge on any atom is -0.490 e. The summed E-state index contributed by atoms with van der Waals surface area (Å²) < 4.78 is 6.14. The summed E-state index contributed by atoms with van der Waals surface area (Å²) >= 11 is 6.25. The van der Waals surface area contributed by atoms with Gasteiger partial charge in [0.05, 0.1) is 17.1 Å². The quantitative estimate of drug-likeness (QED) is 0.581. The van der Waals surface area contributed by atoms with Crippen molar-refractivity contribution in [2.75, 3.05) is 24.6 Å². The summed E-state index contributed by atoms with van der Waals surface area (Å²) in [6.07, 6.45) is 2.53. The van der Waals surface area contributed by atoms with E-state index in [0.29, 0.717) is 40.4 Å². The smallest absolute Gasteiger partial charge is 0.322 e. The van der Waals surface area contributed by atoms with Crippen LogP contribution in [0.15, 0.2) is 53.4 Å². The van der Waals surface area contributed by atoms with Crippen molar-refractivity contribution in [1.29, 1.82) is 0 Å². The van der Waals surface area contributed by atoms with Gasteiger partial charge in [-0.25, -0.2) is 4.79 Å². The van der Waals surface area contributed by atoms with Crippen LogP contribution in [0.5, 0.6) is 5.75 Å². The van der Waals surface area contributed by atoms with Crippen molar-refractivity contribution in [3.63, 3.8) is 0 Å². The molecule has 0 unspecified atom stereocenters.